The normalized spacial score (nSPS) is 10.4. The molecule has 0 aliphatic rings. The molecular formula is C18H17ClN4O3. The molecule has 26 heavy (non-hydrogen) atoms. The van der Waals surface area contributed by atoms with Crippen LogP contribution < -0.4 is 15.4 Å². The van der Waals surface area contributed by atoms with E-state index in [1.165, 1.54) is 19.4 Å². The summed E-state index contributed by atoms with van der Waals surface area (Å²) in [4.78, 5) is 20.9. The lowest BCUT2D eigenvalue weighted by Gasteiger charge is -2.12. The first-order chi connectivity index (χ1) is 12.6. The number of aryl methyl sites for hydroxylation is 1. The first-order valence-corrected chi connectivity index (χ1v) is 8.19. The van der Waals surface area contributed by atoms with Crippen LogP contribution in [0.3, 0.4) is 0 Å². The van der Waals surface area contributed by atoms with Crippen molar-refractivity contribution in [2.24, 2.45) is 0 Å². The Kier molecular flexibility index (Phi) is 5.38. The molecule has 8 heteroatoms. The highest BCUT2D eigenvalue weighted by atomic mass is 35.5. The van der Waals surface area contributed by atoms with Gasteiger partial charge in [-0.1, -0.05) is 11.6 Å². The quantitative estimate of drug-likeness (QED) is 0.682. The molecule has 2 aromatic heterocycles. The zero-order valence-corrected chi connectivity index (χ0v) is 15.0. The molecule has 3 aromatic rings. The summed E-state index contributed by atoms with van der Waals surface area (Å²) >= 11 is 6.09. The summed E-state index contributed by atoms with van der Waals surface area (Å²) in [5.74, 6) is 1.16. The summed E-state index contributed by atoms with van der Waals surface area (Å²) in [5.41, 5.74) is 1.56. The number of carbonyl (C=O) groups excluding carboxylic acids is 1. The Labute approximate surface area is 155 Å². The molecule has 3 rings (SSSR count). The molecule has 1 amide bonds. The Morgan fingerprint density at radius 3 is 2.92 bits per heavy atom. The standard InChI is InChI=1S/C18H17ClN4O3/c1-11-8-15(16(25-2)9-13(11)19)22-17(24)14-5-6-20-18(23-14)21-10-12-4-3-7-26-12/h3-9H,10H2,1-2H3,(H,22,24)(H,20,21,23). The minimum absolute atomic E-state index is 0.219. The number of halogens is 1. The van der Waals surface area contributed by atoms with Crippen molar-refractivity contribution in [2.75, 3.05) is 17.7 Å². The van der Waals surface area contributed by atoms with Gasteiger partial charge in [-0.25, -0.2) is 9.97 Å². The maximum Gasteiger partial charge on any atom is 0.274 e. The minimum Gasteiger partial charge on any atom is -0.495 e. The monoisotopic (exact) mass is 372 g/mol. The van der Waals surface area contributed by atoms with Crippen molar-refractivity contribution in [3.63, 3.8) is 0 Å². The molecule has 0 spiro atoms. The van der Waals surface area contributed by atoms with Gasteiger partial charge in [0.1, 0.15) is 17.2 Å². The molecule has 2 heterocycles. The van der Waals surface area contributed by atoms with E-state index in [2.05, 4.69) is 20.6 Å². The van der Waals surface area contributed by atoms with Crippen LogP contribution >= 0.6 is 11.6 Å². The number of hydrogen-bond donors (Lipinski definition) is 2. The Morgan fingerprint density at radius 2 is 2.19 bits per heavy atom. The number of rotatable bonds is 6. The fourth-order valence-electron chi connectivity index (χ4n) is 2.27. The van der Waals surface area contributed by atoms with Crippen molar-refractivity contribution in [3.05, 3.63) is 64.8 Å². The van der Waals surface area contributed by atoms with Crippen molar-refractivity contribution >= 4 is 29.1 Å². The van der Waals surface area contributed by atoms with E-state index >= 15 is 0 Å². The van der Waals surface area contributed by atoms with Gasteiger partial charge in [-0.15, -0.1) is 0 Å². The number of nitrogens with zero attached hydrogens (tertiary/aromatic N) is 2. The van der Waals surface area contributed by atoms with E-state index in [0.29, 0.717) is 29.0 Å². The Balaban J connectivity index is 1.74. The first-order valence-electron chi connectivity index (χ1n) is 7.81. The van der Waals surface area contributed by atoms with Crippen molar-refractivity contribution in [2.45, 2.75) is 13.5 Å². The van der Waals surface area contributed by atoms with Crippen molar-refractivity contribution < 1.29 is 13.9 Å². The average Bonchev–Trinajstić information content (AvgIpc) is 3.16. The number of nitrogens with one attached hydrogen (secondary N) is 2. The van der Waals surface area contributed by atoms with Gasteiger partial charge in [-0.05, 0) is 36.8 Å². The van der Waals surface area contributed by atoms with Crippen LogP contribution in [-0.4, -0.2) is 23.0 Å². The number of aromatic nitrogens is 2. The highest BCUT2D eigenvalue weighted by molar-refractivity contribution is 6.31. The number of benzene rings is 1. The number of carbonyl (C=O) groups is 1. The smallest absolute Gasteiger partial charge is 0.274 e. The van der Waals surface area contributed by atoms with E-state index in [4.69, 9.17) is 20.8 Å². The van der Waals surface area contributed by atoms with Crippen molar-refractivity contribution in [3.8, 4) is 5.75 Å². The molecule has 0 atom stereocenters. The number of methoxy groups -OCH3 is 1. The van der Waals surface area contributed by atoms with Gasteiger partial charge in [0.25, 0.3) is 5.91 Å². The molecule has 134 valence electrons. The maximum atomic E-state index is 12.5. The maximum absolute atomic E-state index is 12.5. The number of amides is 1. The molecule has 1 aromatic carbocycles. The second kappa shape index (κ2) is 7.88. The third kappa shape index (κ3) is 4.12. The van der Waals surface area contributed by atoms with Crippen LogP contribution in [0.5, 0.6) is 5.75 Å². The van der Waals surface area contributed by atoms with Crippen LogP contribution in [0.4, 0.5) is 11.6 Å². The summed E-state index contributed by atoms with van der Waals surface area (Å²) in [6.07, 6.45) is 3.10. The number of anilines is 2. The van der Waals surface area contributed by atoms with Crippen molar-refractivity contribution in [1.29, 1.82) is 0 Å². The van der Waals surface area contributed by atoms with Gasteiger partial charge >= 0.3 is 0 Å². The highest BCUT2D eigenvalue weighted by Gasteiger charge is 2.14. The Hall–Kier alpha value is -3.06. The summed E-state index contributed by atoms with van der Waals surface area (Å²) in [6.45, 7) is 2.26. The second-order valence-corrected chi connectivity index (χ2v) is 5.86. The Morgan fingerprint density at radius 1 is 1.35 bits per heavy atom. The number of ether oxygens (including phenoxy) is 1. The van der Waals surface area contributed by atoms with Gasteiger partial charge < -0.3 is 19.8 Å². The molecule has 0 saturated heterocycles. The number of furan rings is 1. The second-order valence-electron chi connectivity index (χ2n) is 5.45. The lowest BCUT2D eigenvalue weighted by atomic mass is 10.2. The Bertz CT molecular complexity index is 913. The SMILES string of the molecule is COc1cc(Cl)c(C)cc1NC(=O)c1ccnc(NCc2ccco2)n1. The van der Waals surface area contributed by atoms with Crippen LogP contribution in [0.1, 0.15) is 21.8 Å². The van der Waals surface area contributed by atoms with E-state index in [1.807, 2.05) is 13.0 Å². The van der Waals surface area contributed by atoms with E-state index in [0.717, 1.165) is 11.3 Å². The lowest BCUT2D eigenvalue weighted by molar-refractivity contribution is 0.102. The van der Waals surface area contributed by atoms with Crippen molar-refractivity contribution in [1.82, 2.24) is 9.97 Å². The largest absolute Gasteiger partial charge is 0.495 e. The molecule has 0 fully saturated rings. The van der Waals surface area contributed by atoms with Crippen LogP contribution in [0.15, 0.2) is 47.2 Å². The predicted octanol–water partition coefficient (Wildman–Crippen LogP) is 3.90. The van der Waals surface area contributed by atoms with E-state index in [1.54, 1.807) is 24.5 Å². The van der Waals surface area contributed by atoms with E-state index in [9.17, 15) is 4.79 Å². The van der Waals surface area contributed by atoms with Crippen LogP contribution in [0.2, 0.25) is 5.02 Å². The van der Waals surface area contributed by atoms with Gasteiger partial charge in [-0.2, -0.15) is 0 Å². The molecule has 0 aliphatic heterocycles. The summed E-state index contributed by atoms with van der Waals surface area (Å²) < 4.78 is 10.5. The van der Waals surface area contributed by atoms with E-state index in [-0.39, 0.29) is 11.6 Å². The van der Waals surface area contributed by atoms with E-state index < -0.39 is 0 Å². The first kappa shape index (κ1) is 17.8. The van der Waals surface area contributed by atoms with Crippen LogP contribution in [0.25, 0.3) is 0 Å². The summed E-state index contributed by atoms with van der Waals surface area (Å²) in [6, 6.07) is 8.56. The molecule has 0 bridgehead atoms. The minimum atomic E-state index is -0.381. The molecule has 2 N–H and O–H groups in total. The van der Waals surface area contributed by atoms with Crippen LogP contribution in [-0.2, 0) is 6.54 Å². The lowest BCUT2D eigenvalue weighted by Crippen LogP contribution is -2.16. The van der Waals surface area contributed by atoms with Crippen LogP contribution in [0, 0.1) is 6.92 Å². The number of hydrogen-bond acceptors (Lipinski definition) is 6. The molecule has 0 unspecified atom stereocenters. The predicted molar refractivity (Wildman–Crippen MR) is 98.8 cm³/mol. The molecule has 0 saturated carbocycles. The average molecular weight is 373 g/mol. The third-order valence-electron chi connectivity index (χ3n) is 3.62. The van der Waals surface area contributed by atoms with Gasteiger partial charge in [0.2, 0.25) is 5.95 Å². The summed E-state index contributed by atoms with van der Waals surface area (Å²) in [5, 5.41) is 6.35. The fourth-order valence-corrected chi connectivity index (χ4v) is 2.42. The summed E-state index contributed by atoms with van der Waals surface area (Å²) in [7, 11) is 1.51. The third-order valence-corrected chi connectivity index (χ3v) is 4.03. The topological polar surface area (TPSA) is 89.3 Å². The highest BCUT2D eigenvalue weighted by Crippen LogP contribution is 2.31. The van der Waals surface area contributed by atoms with Gasteiger partial charge in [-0.3, -0.25) is 4.79 Å². The zero-order valence-electron chi connectivity index (χ0n) is 14.2. The molecule has 7 nitrogen and oxygen atoms in total. The fraction of sp³-hybridized carbons (Fsp3) is 0.167. The zero-order chi connectivity index (χ0) is 18.5. The van der Waals surface area contributed by atoms with Gasteiger partial charge in [0.15, 0.2) is 0 Å². The molecular weight excluding hydrogens is 356 g/mol. The molecule has 0 radical (unpaired) electrons. The van der Waals surface area contributed by atoms with Gasteiger partial charge in [0, 0.05) is 17.3 Å². The molecule has 0 aliphatic carbocycles. The van der Waals surface area contributed by atoms with Gasteiger partial charge in [0.05, 0.1) is 25.6 Å².